The van der Waals surface area contributed by atoms with E-state index < -0.39 is 0 Å². The summed E-state index contributed by atoms with van der Waals surface area (Å²) in [6.07, 6.45) is 11.8. The van der Waals surface area contributed by atoms with Crippen LogP contribution in [0, 0.1) is 11.8 Å². The Hall–Kier alpha value is 0.310. The van der Waals surface area contributed by atoms with E-state index in [1.807, 2.05) is 0 Å². The molecule has 2 heteroatoms. The highest BCUT2D eigenvalue weighted by molar-refractivity contribution is 7.99. The van der Waals surface area contributed by atoms with Crippen LogP contribution in [0.3, 0.4) is 0 Å². The number of nitrogens with one attached hydrogen (secondary N) is 1. The van der Waals surface area contributed by atoms with Gasteiger partial charge in [-0.05, 0) is 55.6 Å². The van der Waals surface area contributed by atoms with E-state index in [0.717, 1.165) is 17.9 Å². The van der Waals surface area contributed by atoms with Crippen molar-refractivity contribution in [2.75, 3.05) is 18.1 Å². The summed E-state index contributed by atoms with van der Waals surface area (Å²) < 4.78 is 0. The lowest BCUT2D eigenvalue weighted by atomic mass is 9.87. The van der Waals surface area contributed by atoms with Crippen LogP contribution in [0.25, 0.3) is 0 Å². The van der Waals surface area contributed by atoms with Gasteiger partial charge in [0.15, 0.2) is 0 Å². The summed E-state index contributed by atoms with van der Waals surface area (Å²) in [6, 6.07) is 0.893. The van der Waals surface area contributed by atoms with Gasteiger partial charge in [-0.15, -0.1) is 0 Å². The molecule has 2 saturated carbocycles. The zero-order chi connectivity index (χ0) is 11.9. The molecule has 2 fully saturated rings. The fraction of sp³-hybridized carbons (Fsp3) is 1.00. The molecule has 0 aromatic carbocycles. The molecule has 0 saturated heterocycles. The molecular weight excluding hydrogens is 226 g/mol. The average molecular weight is 255 g/mol. The van der Waals surface area contributed by atoms with Crippen LogP contribution in [0.4, 0.5) is 0 Å². The van der Waals surface area contributed by atoms with Crippen LogP contribution in [0.2, 0.25) is 0 Å². The SMILES string of the molecule is CCSCCCC(CNC1CC1)C1CCCC1. The van der Waals surface area contributed by atoms with Crippen molar-refractivity contribution in [3.05, 3.63) is 0 Å². The largest absolute Gasteiger partial charge is 0.314 e. The first-order valence-corrected chi connectivity index (χ1v) is 8.86. The quantitative estimate of drug-likeness (QED) is 0.623. The van der Waals surface area contributed by atoms with Crippen molar-refractivity contribution in [2.45, 2.75) is 64.3 Å². The van der Waals surface area contributed by atoms with Crippen LogP contribution in [-0.2, 0) is 0 Å². The van der Waals surface area contributed by atoms with Crippen molar-refractivity contribution >= 4 is 11.8 Å². The zero-order valence-corrected chi connectivity index (χ0v) is 12.2. The highest BCUT2D eigenvalue weighted by Crippen LogP contribution is 2.34. The molecule has 0 spiro atoms. The molecule has 1 N–H and O–H groups in total. The van der Waals surface area contributed by atoms with Crippen LogP contribution in [0.1, 0.15) is 58.3 Å². The second kappa shape index (κ2) is 7.68. The predicted molar refractivity (Wildman–Crippen MR) is 78.7 cm³/mol. The summed E-state index contributed by atoms with van der Waals surface area (Å²) in [7, 11) is 0. The summed E-state index contributed by atoms with van der Waals surface area (Å²) in [5.74, 6) is 4.70. The molecule has 0 amide bonds. The maximum Gasteiger partial charge on any atom is 0.00683 e. The van der Waals surface area contributed by atoms with E-state index >= 15 is 0 Å². The molecule has 0 radical (unpaired) electrons. The Morgan fingerprint density at radius 1 is 1.18 bits per heavy atom. The molecular formula is C15H29NS. The molecule has 2 rings (SSSR count). The second-order valence-electron chi connectivity index (χ2n) is 5.83. The van der Waals surface area contributed by atoms with Crippen molar-refractivity contribution < 1.29 is 0 Å². The Morgan fingerprint density at radius 2 is 1.94 bits per heavy atom. The fourth-order valence-electron chi connectivity index (χ4n) is 3.13. The maximum atomic E-state index is 3.77. The molecule has 0 aliphatic heterocycles. The van der Waals surface area contributed by atoms with E-state index in [-0.39, 0.29) is 0 Å². The highest BCUT2D eigenvalue weighted by atomic mass is 32.2. The first kappa shape index (κ1) is 13.7. The van der Waals surface area contributed by atoms with Gasteiger partial charge >= 0.3 is 0 Å². The normalized spacial score (nSPS) is 23.1. The molecule has 1 nitrogen and oxygen atoms in total. The third-order valence-corrected chi connectivity index (χ3v) is 5.37. The van der Waals surface area contributed by atoms with E-state index in [9.17, 15) is 0 Å². The van der Waals surface area contributed by atoms with Gasteiger partial charge in [0, 0.05) is 6.04 Å². The Labute approximate surface area is 112 Å². The molecule has 100 valence electrons. The summed E-state index contributed by atoms with van der Waals surface area (Å²) in [5, 5.41) is 3.77. The topological polar surface area (TPSA) is 12.0 Å². The van der Waals surface area contributed by atoms with Crippen molar-refractivity contribution in [3.63, 3.8) is 0 Å². The van der Waals surface area contributed by atoms with E-state index in [0.29, 0.717) is 0 Å². The molecule has 0 aromatic rings. The Balaban J connectivity index is 1.65. The third-order valence-electron chi connectivity index (χ3n) is 4.38. The fourth-order valence-corrected chi connectivity index (χ4v) is 3.79. The lowest BCUT2D eigenvalue weighted by Crippen LogP contribution is -2.29. The van der Waals surface area contributed by atoms with E-state index in [2.05, 4.69) is 24.0 Å². The standard InChI is InChI=1S/C15H29NS/c1-2-17-11-5-8-14(12-16-15-9-10-15)13-6-3-4-7-13/h13-16H,2-12H2,1H3. The number of hydrogen-bond donors (Lipinski definition) is 1. The molecule has 0 bridgehead atoms. The monoisotopic (exact) mass is 255 g/mol. The summed E-state index contributed by atoms with van der Waals surface area (Å²) >= 11 is 2.11. The van der Waals surface area contributed by atoms with Gasteiger partial charge in [-0.3, -0.25) is 0 Å². The van der Waals surface area contributed by atoms with Gasteiger partial charge in [0.2, 0.25) is 0 Å². The Kier molecular flexibility index (Phi) is 6.21. The lowest BCUT2D eigenvalue weighted by Gasteiger charge is -2.24. The average Bonchev–Trinajstić information content (AvgIpc) is 3.01. The Morgan fingerprint density at radius 3 is 2.59 bits per heavy atom. The third kappa shape index (κ3) is 5.21. The van der Waals surface area contributed by atoms with E-state index in [1.54, 1.807) is 0 Å². The van der Waals surface area contributed by atoms with Crippen LogP contribution in [-0.4, -0.2) is 24.1 Å². The molecule has 0 heterocycles. The second-order valence-corrected chi connectivity index (χ2v) is 7.22. The van der Waals surface area contributed by atoms with E-state index in [1.165, 1.54) is 69.4 Å². The molecule has 17 heavy (non-hydrogen) atoms. The number of thioether (sulfide) groups is 1. The van der Waals surface area contributed by atoms with Crippen LogP contribution in [0.5, 0.6) is 0 Å². The van der Waals surface area contributed by atoms with Gasteiger partial charge in [0.1, 0.15) is 0 Å². The van der Waals surface area contributed by atoms with Gasteiger partial charge < -0.3 is 5.32 Å². The van der Waals surface area contributed by atoms with Crippen molar-refractivity contribution in [3.8, 4) is 0 Å². The van der Waals surface area contributed by atoms with Gasteiger partial charge in [-0.25, -0.2) is 0 Å². The maximum absolute atomic E-state index is 3.77. The minimum Gasteiger partial charge on any atom is -0.314 e. The summed E-state index contributed by atoms with van der Waals surface area (Å²) in [4.78, 5) is 0. The minimum atomic E-state index is 0.893. The molecule has 1 atom stereocenters. The lowest BCUT2D eigenvalue weighted by molar-refractivity contribution is 0.302. The van der Waals surface area contributed by atoms with Crippen LogP contribution < -0.4 is 5.32 Å². The van der Waals surface area contributed by atoms with Gasteiger partial charge in [0.05, 0.1) is 0 Å². The number of rotatable bonds is 9. The van der Waals surface area contributed by atoms with Gasteiger partial charge in [-0.1, -0.05) is 32.6 Å². The van der Waals surface area contributed by atoms with Crippen LogP contribution >= 0.6 is 11.8 Å². The smallest absolute Gasteiger partial charge is 0.00683 e. The minimum absolute atomic E-state index is 0.893. The van der Waals surface area contributed by atoms with Crippen LogP contribution in [0.15, 0.2) is 0 Å². The van der Waals surface area contributed by atoms with Gasteiger partial charge in [0.25, 0.3) is 0 Å². The summed E-state index contributed by atoms with van der Waals surface area (Å²) in [6.45, 7) is 3.58. The Bertz CT molecular complexity index is 197. The van der Waals surface area contributed by atoms with Gasteiger partial charge in [-0.2, -0.15) is 11.8 Å². The number of hydrogen-bond acceptors (Lipinski definition) is 2. The van der Waals surface area contributed by atoms with Crippen molar-refractivity contribution in [1.82, 2.24) is 5.32 Å². The molecule has 2 aliphatic rings. The summed E-state index contributed by atoms with van der Waals surface area (Å²) in [5.41, 5.74) is 0. The molecule has 1 unspecified atom stereocenters. The first-order valence-electron chi connectivity index (χ1n) is 7.71. The molecule has 0 aromatic heterocycles. The zero-order valence-electron chi connectivity index (χ0n) is 11.4. The predicted octanol–water partition coefficient (Wildman–Crippen LogP) is 4.08. The van der Waals surface area contributed by atoms with E-state index in [4.69, 9.17) is 0 Å². The first-order chi connectivity index (χ1) is 8.40. The van der Waals surface area contributed by atoms with Crippen molar-refractivity contribution in [1.29, 1.82) is 0 Å². The van der Waals surface area contributed by atoms with Crippen molar-refractivity contribution in [2.24, 2.45) is 11.8 Å². The highest BCUT2D eigenvalue weighted by Gasteiger charge is 2.27. The molecule has 2 aliphatic carbocycles.